The monoisotopic (exact) mass is 255 g/mol. The Hall–Kier alpha value is -1.06. The summed E-state index contributed by atoms with van der Waals surface area (Å²) >= 11 is 0. The Morgan fingerprint density at radius 1 is 1.39 bits per heavy atom. The summed E-state index contributed by atoms with van der Waals surface area (Å²) in [5, 5.41) is 0. The lowest BCUT2D eigenvalue weighted by molar-refractivity contribution is -0.129. The fourth-order valence-corrected chi connectivity index (χ4v) is 2.21. The van der Waals surface area contributed by atoms with Crippen LogP contribution in [0.25, 0.3) is 0 Å². The second kappa shape index (κ2) is 6.76. The van der Waals surface area contributed by atoms with Gasteiger partial charge < -0.3 is 4.74 Å². The average molecular weight is 255 g/mol. The fourth-order valence-electron chi connectivity index (χ4n) is 2.21. The Morgan fingerprint density at radius 3 is 2.56 bits per heavy atom. The van der Waals surface area contributed by atoms with Crippen LogP contribution in [0, 0.1) is 5.92 Å². The summed E-state index contributed by atoms with van der Waals surface area (Å²) in [7, 11) is 0. The molecule has 1 rings (SSSR count). The maximum Gasteiger partial charge on any atom is 0.417 e. The van der Waals surface area contributed by atoms with E-state index in [4.69, 9.17) is 4.74 Å². The normalized spacial score (nSPS) is 25.1. The van der Waals surface area contributed by atoms with Crippen LogP contribution in [0.1, 0.15) is 59.8 Å². The molecule has 0 spiro atoms. The SMILES string of the molecule is CCCC[C@@H](C)CCC(=O)N1C(=O)O[C@@H](C)[C@H]1C. The minimum absolute atomic E-state index is 0.0970. The molecule has 2 amide bonds. The van der Waals surface area contributed by atoms with Crippen molar-refractivity contribution in [2.45, 2.75) is 71.9 Å². The van der Waals surface area contributed by atoms with Crippen LogP contribution in [0.3, 0.4) is 0 Å². The maximum absolute atomic E-state index is 12.0. The van der Waals surface area contributed by atoms with Gasteiger partial charge in [-0.1, -0.05) is 33.1 Å². The van der Waals surface area contributed by atoms with Crippen LogP contribution in [-0.2, 0) is 9.53 Å². The fraction of sp³-hybridized carbons (Fsp3) is 0.857. The molecule has 1 saturated heterocycles. The maximum atomic E-state index is 12.0. The zero-order chi connectivity index (χ0) is 13.7. The molecule has 3 atom stereocenters. The standard InChI is InChI=1S/C14H25NO3/c1-5-6-7-10(2)8-9-13(16)15-11(3)12(4)18-14(15)17/h10-12H,5-9H2,1-4H3/t10-,11-,12+/m1/s1. The van der Waals surface area contributed by atoms with Crippen LogP contribution in [0.4, 0.5) is 4.79 Å². The first-order valence-corrected chi connectivity index (χ1v) is 7.00. The number of nitrogens with zero attached hydrogens (tertiary/aromatic N) is 1. The highest BCUT2D eigenvalue weighted by molar-refractivity contribution is 5.93. The minimum Gasteiger partial charge on any atom is -0.444 e. The van der Waals surface area contributed by atoms with Crippen molar-refractivity contribution in [3.05, 3.63) is 0 Å². The van der Waals surface area contributed by atoms with E-state index in [1.54, 1.807) is 0 Å². The van der Waals surface area contributed by atoms with Gasteiger partial charge in [0.2, 0.25) is 5.91 Å². The number of cyclic esters (lactones) is 1. The Labute approximate surface area is 110 Å². The number of rotatable bonds is 6. The third-order valence-electron chi connectivity index (χ3n) is 3.74. The molecule has 0 aromatic carbocycles. The summed E-state index contributed by atoms with van der Waals surface area (Å²) in [6.45, 7) is 8.01. The number of imide groups is 1. The van der Waals surface area contributed by atoms with Gasteiger partial charge in [0.25, 0.3) is 0 Å². The topological polar surface area (TPSA) is 46.6 Å². The highest BCUT2D eigenvalue weighted by Gasteiger charge is 2.39. The molecular weight excluding hydrogens is 230 g/mol. The zero-order valence-electron chi connectivity index (χ0n) is 11.9. The van der Waals surface area contributed by atoms with Gasteiger partial charge in [0.15, 0.2) is 0 Å². The molecule has 0 bridgehead atoms. The van der Waals surface area contributed by atoms with Crippen LogP contribution >= 0.6 is 0 Å². The van der Waals surface area contributed by atoms with Gasteiger partial charge in [-0.15, -0.1) is 0 Å². The van der Waals surface area contributed by atoms with E-state index in [0.717, 1.165) is 12.8 Å². The Kier molecular flexibility index (Phi) is 5.63. The largest absolute Gasteiger partial charge is 0.444 e. The van der Waals surface area contributed by atoms with E-state index < -0.39 is 6.09 Å². The number of carbonyl (C=O) groups is 2. The van der Waals surface area contributed by atoms with Crippen LogP contribution in [0.5, 0.6) is 0 Å². The van der Waals surface area contributed by atoms with Crippen molar-refractivity contribution in [1.82, 2.24) is 4.90 Å². The van der Waals surface area contributed by atoms with Crippen LogP contribution < -0.4 is 0 Å². The summed E-state index contributed by atoms with van der Waals surface area (Å²) < 4.78 is 5.05. The molecule has 0 N–H and O–H groups in total. The number of ether oxygens (including phenoxy) is 1. The molecular formula is C14H25NO3. The van der Waals surface area contributed by atoms with Crippen molar-refractivity contribution in [1.29, 1.82) is 0 Å². The van der Waals surface area contributed by atoms with E-state index in [0.29, 0.717) is 12.3 Å². The lowest BCUT2D eigenvalue weighted by atomic mass is 9.98. The lowest BCUT2D eigenvalue weighted by Crippen LogP contribution is -2.38. The molecule has 0 unspecified atom stereocenters. The molecule has 104 valence electrons. The van der Waals surface area contributed by atoms with Crippen LogP contribution in [0.15, 0.2) is 0 Å². The first-order valence-electron chi connectivity index (χ1n) is 7.00. The number of hydrogen-bond acceptors (Lipinski definition) is 3. The molecule has 0 radical (unpaired) electrons. The van der Waals surface area contributed by atoms with E-state index in [1.807, 2.05) is 13.8 Å². The first-order chi connectivity index (χ1) is 8.47. The molecule has 1 aliphatic rings. The third kappa shape index (κ3) is 3.72. The Bertz CT molecular complexity index is 303. The van der Waals surface area contributed by atoms with Crippen molar-refractivity contribution in [2.75, 3.05) is 0 Å². The van der Waals surface area contributed by atoms with Gasteiger partial charge in [0.1, 0.15) is 6.10 Å². The van der Waals surface area contributed by atoms with E-state index in [-0.39, 0.29) is 18.1 Å². The molecule has 4 nitrogen and oxygen atoms in total. The van der Waals surface area contributed by atoms with Gasteiger partial charge >= 0.3 is 6.09 Å². The molecule has 1 fully saturated rings. The number of amides is 2. The van der Waals surface area contributed by atoms with Crippen molar-refractivity contribution in [3.63, 3.8) is 0 Å². The first kappa shape index (κ1) is 15.0. The number of carbonyl (C=O) groups excluding carboxylic acids is 2. The predicted octanol–water partition coefficient (Wildman–Crippen LogP) is 3.35. The summed E-state index contributed by atoms with van der Waals surface area (Å²) in [6.07, 6.45) is 4.15. The molecule has 0 aromatic rings. The van der Waals surface area contributed by atoms with Crippen LogP contribution in [0.2, 0.25) is 0 Å². The summed E-state index contributed by atoms with van der Waals surface area (Å²) in [4.78, 5) is 24.8. The molecule has 4 heteroatoms. The molecule has 1 heterocycles. The van der Waals surface area contributed by atoms with Crippen molar-refractivity contribution >= 4 is 12.0 Å². The van der Waals surface area contributed by atoms with Gasteiger partial charge in [-0.3, -0.25) is 4.79 Å². The minimum atomic E-state index is -0.485. The summed E-state index contributed by atoms with van der Waals surface area (Å²) in [5.74, 6) is 0.445. The lowest BCUT2D eigenvalue weighted by Gasteiger charge is -2.18. The highest BCUT2D eigenvalue weighted by Crippen LogP contribution is 2.22. The van der Waals surface area contributed by atoms with E-state index in [2.05, 4.69) is 13.8 Å². The number of unbranched alkanes of at least 4 members (excludes halogenated alkanes) is 1. The van der Waals surface area contributed by atoms with E-state index in [1.165, 1.54) is 17.7 Å². The molecule has 0 saturated carbocycles. The van der Waals surface area contributed by atoms with E-state index in [9.17, 15) is 9.59 Å². The van der Waals surface area contributed by atoms with Crippen molar-refractivity contribution < 1.29 is 14.3 Å². The van der Waals surface area contributed by atoms with Gasteiger partial charge in [-0.25, -0.2) is 9.69 Å². The van der Waals surface area contributed by atoms with E-state index >= 15 is 0 Å². The quantitative estimate of drug-likeness (QED) is 0.731. The second-order valence-electron chi connectivity index (χ2n) is 5.38. The molecule has 0 aromatic heterocycles. The van der Waals surface area contributed by atoms with Gasteiger partial charge in [-0.2, -0.15) is 0 Å². The average Bonchev–Trinajstić information content (AvgIpc) is 2.58. The van der Waals surface area contributed by atoms with Crippen LogP contribution in [-0.4, -0.2) is 29.0 Å². The molecule has 18 heavy (non-hydrogen) atoms. The Balaban J connectivity index is 2.39. The zero-order valence-corrected chi connectivity index (χ0v) is 11.9. The summed E-state index contributed by atoms with van der Waals surface area (Å²) in [6, 6.07) is -0.143. The van der Waals surface area contributed by atoms with Gasteiger partial charge in [0, 0.05) is 6.42 Å². The highest BCUT2D eigenvalue weighted by atomic mass is 16.6. The summed E-state index contributed by atoms with van der Waals surface area (Å²) in [5.41, 5.74) is 0. The van der Waals surface area contributed by atoms with Crippen molar-refractivity contribution in [3.8, 4) is 0 Å². The van der Waals surface area contributed by atoms with Gasteiger partial charge in [0.05, 0.1) is 6.04 Å². The molecule has 1 aliphatic heterocycles. The van der Waals surface area contributed by atoms with Gasteiger partial charge in [-0.05, 0) is 26.2 Å². The number of hydrogen-bond donors (Lipinski definition) is 0. The smallest absolute Gasteiger partial charge is 0.417 e. The predicted molar refractivity (Wildman–Crippen MR) is 70.2 cm³/mol. The molecule has 0 aliphatic carbocycles. The van der Waals surface area contributed by atoms with Crippen molar-refractivity contribution in [2.24, 2.45) is 5.92 Å². The third-order valence-corrected chi connectivity index (χ3v) is 3.74. The Morgan fingerprint density at radius 2 is 2.06 bits per heavy atom. The second-order valence-corrected chi connectivity index (χ2v) is 5.38.